The number of phenols is 2. The van der Waals surface area contributed by atoms with Crippen LogP contribution in [0.15, 0.2) is 30.3 Å². The van der Waals surface area contributed by atoms with Gasteiger partial charge in [-0.3, -0.25) is 9.59 Å². The number of esters is 1. The van der Waals surface area contributed by atoms with Crippen molar-refractivity contribution >= 4 is 11.8 Å². The highest BCUT2D eigenvalue weighted by atomic mass is 16.7. The first-order valence-corrected chi connectivity index (χ1v) is 11.0. The fraction of sp³-hybridized carbons (Fsp3) is 0.417. The molecule has 0 saturated carbocycles. The Balaban J connectivity index is 1.57. The van der Waals surface area contributed by atoms with Crippen LogP contribution in [0.5, 0.6) is 28.7 Å². The van der Waals surface area contributed by atoms with E-state index in [0.29, 0.717) is 5.56 Å². The summed E-state index contributed by atoms with van der Waals surface area (Å²) in [5.74, 6) is -1.42. The Kier molecular flexibility index (Phi) is 7.22. The van der Waals surface area contributed by atoms with Crippen LogP contribution in [-0.2, 0) is 14.3 Å². The second-order valence-corrected chi connectivity index (χ2v) is 8.42. The smallest absolute Gasteiger partial charge is 0.302 e. The number of benzene rings is 2. The van der Waals surface area contributed by atoms with E-state index in [1.807, 2.05) is 0 Å². The van der Waals surface area contributed by atoms with E-state index in [-0.39, 0.29) is 35.0 Å². The van der Waals surface area contributed by atoms with E-state index < -0.39 is 60.9 Å². The van der Waals surface area contributed by atoms with Crippen molar-refractivity contribution in [2.45, 2.75) is 50.2 Å². The zero-order chi connectivity index (χ0) is 26.1. The van der Waals surface area contributed by atoms with E-state index in [1.54, 1.807) is 6.07 Å². The minimum atomic E-state index is -1.69. The highest BCUT2D eigenvalue weighted by molar-refractivity contribution is 6.02. The number of fused-ring (bicyclic) bond motifs is 1. The molecule has 194 valence electrons. The number of ether oxygens (including phenoxy) is 5. The average molecular weight is 506 g/mol. The predicted molar refractivity (Wildman–Crippen MR) is 119 cm³/mol. The minimum Gasteiger partial charge on any atom is -0.507 e. The SMILES string of the molecule is COc1cc([C@@H]2CC(=O)c3c(O)cc(O[C@@H]4O[C@@H](COC(C)=O)[C@@H](O)[C@H](O)[C@@H]4O)cc3O2)ccc1O. The van der Waals surface area contributed by atoms with Gasteiger partial charge >= 0.3 is 5.97 Å². The second-order valence-electron chi connectivity index (χ2n) is 8.42. The molecule has 0 aliphatic carbocycles. The molecule has 2 aliphatic heterocycles. The molecule has 12 heteroatoms. The number of hydrogen-bond acceptors (Lipinski definition) is 12. The zero-order valence-electron chi connectivity index (χ0n) is 19.4. The summed E-state index contributed by atoms with van der Waals surface area (Å²) in [4.78, 5) is 23.9. The highest BCUT2D eigenvalue weighted by Gasteiger charge is 2.45. The normalized spacial score (nSPS) is 27.5. The summed E-state index contributed by atoms with van der Waals surface area (Å²) in [5, 5.41) is 51.0. The molecule has 2 heterocycles. The number of aromatic hydroxyl groups is 2. The third-order valence-electron chi connectivity index (χ3n) is 5.92. The Morgan fingerprint density at radius 2 is 1.81 bits per heavy atom. The van der Waals surface area contributed by atoms with Crippen LogP contribution >= 0.6 is 0 Å². The molecular weight excluding hydrogens is 480 g/mol. The molecule has 2 aromatic carbocycles. The molecule has 0 spiro atoms. The van der Waals surface area contributed by atoms with Gasteiger partial charge in [0, 0.05) is 19.1 Å². The van der Waals surface area contributed by atoms with Gasteiger partial charge in [0.15, 0.2) is 17.3 Å². The van der Waals surface area contributed by atoms with E-state index in [0.717, 1.165) is 13.0 Å². The number of ketones is 1. The zero-order valence-corrected chi connectivity index (χ0v) is 19.4. The standard InChI is InChI=1S/C24H26O12/c1-10(25)33-9-19-21(29)22(30)23(31)24(36-19)34-12-6-14(27)20-15(28)8-16(35-18(20)7-12)11-3-4-13(26)17(5-11)32-2/h3-7,16,19,21-24,26-27,29-31H,8-9H2,1-2H3/t16-,19-,21+,22-,23-,24+/m0/s1. The van der Waals surface area contributed by atoms with Gasteiger partial charge in [0.05, 0.1) is 13.5 Å². The minimum absolute atomic E-state index is 0.000590. The molecule has 6 atom stereocenters. The van der Waals surface area contributed by atoms with Crippen LogP contribution in [0.2, 0.25) is 0 Å². The summed E-state index contributed by atoms with van der Waals surface area (Å²) in [6.07, 6.45) is -8.47. The number of aliphatic hydroxyl groups excluding tert-OH is 3. The van der Waals surface area contributed by atoms with Crippen molar-refractivity contribution in [3.05, 3.63) is 41.5 Å². The third-order valence-corrected chi connectivity index (χ3v) is 5.92. The van der Waals surface area contributed by atoms with Gasteiger partial charge in [0.1, 0.15) is 59.9 Å². The van der Waals surface area contributed by atoms with Crippen molar-refractivity contribution < 1.29 is 58.8 Å². The maximum Gasteiger partial charge on any atom is 0.302 e. The summed E-state index contributed by atoms with van der Waals surface area (Å²) < 4.78 is 27.0. The molecule has 0 unspecified atom stereocenters. The maximum atomic E-state index is 12.8. The molecule has 4 rings (SSSR count). The molecule has 1 fully saturated rings. The van der Waals surface area contributed by atoms with Crippen LogP contribution < -0.4 is 14.2 Å². The van der Waals surface area contributed by atoms with Crippen LogP contribution in [0, 0.1) is 0 Å². The van der Waals surface area contributed by atoms with Crippen molar-refractivity contribution in [2.24, 2.45) is 0 Å². The molecule has 0 aromatic heterocycles. The van der Waals surface area contributed by atoms with Crippen molar-refractivity contribution in [1.29, 1.82) is 0 Å². The van der Waals surface area contributed by atoms with E-state index in [9.17, 15) is 35.1 Å². The predicted octanol–water partition coefficient (Wildman–Crippen LogP) is 0.562. The van der Waals surface area contributed by atoms with E-state index in [2.05, 4.69) is 0 Å². The van der Waals surface area contributed by atoms with Gasteiger partial charge in [0.2, 0.25) is 6.29 Å². The van der Waals surface area contributed by atoms with Crippen molar-refractivity contribution in [3.8, 4) is 28.7 Å². The van der Waals surface area contributed by atoms with Crippen molar-refractivity contribution in [1.82, 2.24) is 0 Å². The Morgan fingerprint density at radius 1 is 1.06 bits per heavy atom. The molecular formula is C24H26O12. The first kappa shape index (κ1) is 25.5. The van der Waals surface area contributed by atoms with E-state index in [4.69, 9.17) is 23.7 Å². The van der Waals surface area contributed by atoms with Crippen LogP contribution in [0.4, 0.5) is 0 Å². The van der Waals surface area contributed by atoms with Crippen molar-refractivity contribution in [3.63, 3.8) is 0 Å². The molecule has 1 saturated heterocycles. The lowest BCUT2D eigenvalue weighted by molar-refractivity contribution is -0.278. The first-order valence-electron chi connectivity index (χ1n) is 11.0. The number of methoxy groups -OCH3 is 1. The number of rotatable bonds is 6. The number of Topliss-reactive ketones (excluding diaryl/α,β-unsaturated/α-hetero) is 1. The lowest BCUT2D eigenvalue weighted by Crippen LogP contribution is -2.60. The monoisotopic (exact) mass is 506 g/mol. The Bertz CT molecular complexity index is 1150. The Morgan fingerprint density at radius 3 is 2.50 bits per heavy atom. The summed E-state index contributed by atoms with van der Waals surface area (Å²) in [5.41, 5.74) is 0.489. The molecule has 5 N–H and O–H groups in total. The van der Waals surface area contributed by atoms with Gasteiger partial charge in [-0.05, 0) is 17.7 Å². The van der Waals surface area contributed by atoms with Gasteiger partial charge in [-0.2, -0.15) is 0 Å². The number of aliphatic hydroxyl groups is 3. The summed E-state index contributed by atoms with van der Waals surface area (Å²) in [7, 11) is 1.39. The van der Waals surface area contributed by atoms with Crippen LogP contribution in [-0.4, -0.2) is 81.7 Å². The van der Waals surface area contributed by atoms with Gasteiger partial charge < -0.3 is 49.2 Å². The van der Waals surface area contributed by atoms with Gasteiger partial charge in [0.25, 0.3) is 0 Å². The molecule has 36 heavy (non-hydrogen) atoms. The molecule has 0 radical (unpaired) electrons. The van der Waals surface area contributed by atoms with Gasteiger partial charge in [-0.1, -0.05) is 6.07 Å². The fourth-order valence-corrected chi connectivity index (χ4v) is 4.05. The molecule has 0 amide bonds. The van der Waals surface area contributed by atoms with E-state index in [1.165, 1.54) is 25.3 Å². The lowest BCUT2D eigenvalue weighted by atomic mass is 9.95. The summed E-state index contributed by atoms with van der Waals surface area (Å²) in [6.45, 7) is 0.762. The van der Waals surface area contributed by atoms with Gasteiger partial charge in [-0.15, -0.1) is 0 Å². The van der Waals surface area contributed by atoms with Crippen LogP contribution in [0.1, 0.15) is 35.4 Å². The molecule has 12 nitrogen and oxygen atoms in total. The largest absolute Gasteiger partial charge is 0.507 e. The summed E-state index contributed by atoms with van der Waals surface area (Å²) in [6, 6.07) is 6.94. The number of carbonyl (C=O) groups is 2. The number of hydrogen-bond donors (Lipinski definition) is 5. The molecule has 2 aliphatic rings. The number of phenolic OH excluding ortho intramolecular Hbond substituents is 2. The Labute approximate surface area is 205 Å². The second kappa shape index (κ2) is 10.2. The lowest BCUT2D eigenvalue weighted by Gasteiger charge is -2.40. The topological polar surface area (TPSA) is 181 Å². The maximum absolute atomic E-state index is 12.8. The summed E-state index contributed by atoms with van der Waals surface area (Å²) >= 11 is 0. The molecule has 0 bridgehead atoms. The first-order chi connectivity index (χ1) is 17.1. The Hall–Kier alpha value is -3.58. The van der Waals surface area contributed by atoms with Gasteiger partial charge in [-0.25, -0.2) is 0 Å². The highest BCUT2D eigenvalue weighted by Crippen LogP contribution is 2.43. The quantitative estimate of drug-likeness (QED) is 0.344. The van der Waals surface area contributed by atoms with Crippen LogP contribution in [0.3, 0.4) is 0 Å². The fourth-order valence-electron chi connectivity index (χ4n) is 4.05. The number of carbonyl (C=O) groups excluding carboxylic acids is 2. The van der Waals surface area contributed by atoms with E-state index >= 15 is 0 Å². The third kappa shape index (κ3) is 5.02. The average Bonchev–Trinajstić information content (AvgIpc) is 2.83. The van der Waals surface area contributed by atoms with Crippen LogP contribution in [0.25, 0.3) is 0 Å². The molecule has 2 aromatic rings. The van der Waals surface area contributed by atoms with Crippen molar-refractivity contribution in [2.75, 3.05) is 13.7 Å².